The number of thioether (sulfide) groups is 1. The van der Waals surface area contributed by atoms with Crippen LogP contribution in [0.3, 0.4) is 0 Å². The summed E-state index contributed by atoms with van der Waals surface area (Å²) in [6, 6.07) is 5.90. The molecule has 0 radical (unpaired) electrons. The van der Waals surface area contributed by atoms with E-state index in [0.717, 1.165) is 33.7 Å². The zero-order valence-corrected chi connectivity index (χ0v) is 11.0. The van der Waals surface area contributed by atoms with Crippen LogP contribution in [-0.4, -0.2) is 17.5 Å². The van der Waals surface area contributed by atoms with Crippen LogP contribution in [0.15, 0.2) is 23.2 Å². The van der Waals surface area contributed by atoms with Gasteiger partial charge < -0.3 is 5.32 Å². The van der Waals surface area contributed by atoms with E-state index < -0.39 is 0 Å². The summed E-state index contributed by atoms with van der Waals surface area (Å²) in [6.07, 6.45) is 0. The first-order valence-corrected chi connectivity index (χ1v) is 6.72. The quantitative estimate of drug-likeness (QED) is 0.824. The Balaban J connectivity index is 2.15. The zero-order chi connectivity index (χ0) is 11.5. The molecule has 1 N–H and O–H groups in total. The van der Waals surface area contributed by atoms with Crippen molar-refractivity contribution in [1.29, 1.82) is 0 Å². The number of nitrogens with one attached hydrogen (secondary N) is 1. The minimum absolute atomic E-state index is 0.669. The van der Waals surface area contributed by atoms with E-state index in [1.807, 2.05) is 25.1 Å². The summed E-state index contributed by atoms with van der Waals surface area (Å²) in [5.41, 5.74) is 2.12. The molecule has 0 amide bonds. The van der Waals surface area contributed by atoms with E-state index in [0.29, 0.717) is 5.92 Å². The fraction of sp³-hybridized carbons (Fsp3) is 0.417. The number of amidine groups is 1. The molecule has 1 aliphatic rings. The molecule has 0 aromatic heterocycles. The van der Waals surface area contributed by atoms with Crippen molar-refractivity contribution in [2.45, 2.75) is 13.8 Å². The van der Waals surface area contributed by atoms with Gasteiger partial charge in [-0.2, -0.15) is 0 Å². The highest BCUT2D eigenvalue weighted by atomic mass is 35.5. The maximum absolute atomic E-state index is 6.15. The Morgan fingerprint density at radius 3 is 2.94 bits per heavy atom. The second-order valence-electron chi connectivity index (χ2n) is 4.12. The predicted molar refractivity (Wildman–Crippen MR) is 73.7 cm³/mol. The van der Waals surface area contributed by atoms with Gasteiger partial charge in [-0.1, -0.05) is 42.4 Å². The van der Waals surface area contributed by atoms with Gasteiger partial charge in [0.1, 0.15) is 0 Å². The van der Waals surface area contributed by atoms with Crippen molar-refractivity contribution in [1.82, 2.24) is 0 Å². The van der Waals surface area contributed by atoms with Gasteiger partial charge in [0.15, 0.2) is 5.17 Å². The highest BCUT2D eigenvalue weighted by Gasteiger charge is 2.13. The molecule has 0 bridgehead atoms. The van der Waals surface area contributed by atoms with Crippen molar-refractivity contribution in [3.63, 3.8) is 0 Å². The lowest BCUT2D eigenvalue weighted by molar-refractivity contribution is 0.674. The number of para-hydroxylation sites is 1. The van der Waals surface area contributed by atoms with Gasteiger partial charge >= 0.3 is 0 Å². The minimum Gasteiger partial charge on any atom is -0.334 e. The first-order chi connectivity index (χ1) is 7.66. The van der Waals surface area contributed by atoms with Crippen molar-refractivity contribution in [3.05, 3.63) is 28.8 Å². The van der Waals surface area contributed by atoms with Crippen molar-refractivity contribution in [2.75, 3.05) is 17.6 Å². The van der Waals surface area contributed by atoms with Crippen molar-refractivity contribution in [3.8, 4) is 0 Å². The topological polar surface area (TPSA) is 24.4 Å². The summed E-state index contributed by atoms with van der Waals surface area (Å²) >= 11 is 7.91. The Morgan fingerprint density at radius 2 is 2.31 bits per heavy atom. The molecule has 1 atom stereocenters. The van der Waals surface area contributed by atoms with E-state index in [1.54, 1.807) is 11.8 Å². The average molecular weight is 255 g/mol. The summed E-state index contributed by atoms with van der Waals surface area (Å²) in [6.45, 7) is 5.16. The summed E-state index contributed by atoms with van der Waals surface area (Å²) in [5.74, 6) is 1.79. The fourth-order valence-corrected chi connectivity index (χ4v) is 2.69. The number of aliphatic imine (C=N–C) groups is 1. The number of hydrogen-bond donors (Lipinski definition) is 1. The first-order valence-electron chi connectivity index (χ1n) is 5.36. The van der Waals surface area contributed by atoms with E-state index in [2.05, 4.69) is 17.2 Å². The summed E-state index contributed by atoms with van der Waals surface area (Å²) in [5, 5.41) is 5.05. The SMILES string of the molecule is Cc1cccc(Cl)c1NC1=NCC(C)CS1. The number of aryl methyl sites for hydroxylation is 1. The van der Waals surface area contributed by atoms with Gasteiger partial charge in [0.2, 0.25) is 0 Å². The molecule has 1 aromatic rings. The normalized spacial score (nSPS) is 20.4. The second-order valence-corrected chi connectivity index (χ2v) is 5.53. The summed E-state index contributed by atoms with van der Waals surface area (Å²) in [4.78, 5) is 4.50. The van der Waals surface area contributed by atoms with Crippen LogP contribution < -0.4 is 5.32 Å². The Kier molecular flexibility index (Phi) is 3.77. The molecule has 0 fully saturated rings. The van der Waals surface area contributed by atoms with Gasteiger partial charge in [0, 0.05) is 12.3 Å². The Bertz CT molecular complexity index is 397. The smallest absolute Gasteiger partial charge is 0.161 e. The van der Waals surface area contributed by atoms with Crippen LogP contribution in [0.1, 0.15) is 12.5 Å². The third-order valence-corrected chi connectivity index (χ3v) is 4.06. The zero-order valence-electron chi connectivity index (χ0n) is 9.46. The first kappa shape index (κ1) is 11.8. The highest BCUT2D eigenvalue weighted by Crippen LogP contribution is 2.27. The molecular formula is C12H15ClN2S. The third kappa shape index (κ3) is 2.71. The molecule has 1 heterocycles. The molecular weight excluding hydrogens is 240 g/mol. The summed E-state index contributed by atoms with van der Waals surface area (Å²) < 4.78 is 0. The van der Waals surface area contributed by atoms with Crippen LogP contribution >= 0.6 is 23.4 Å². The number of halogens is 1. The number of nitrogens with zero attached hydrogens (tertiary/aromatic N) is 1. The standard InChI is InChI=1S/C12H15ClN2S/c1-8-6-14-12(16-7-8)15-11-9(2)4-3-5-10(11)13/h3-5,8H,6-7H2,1-2H3,(H,14,15). The number of benzene rings is 1. The van der Waals surface area contributed by atoms with E-state index >= 15 is 0 Å². The molecule has 0 saturated carbocycles. The van der Waals surface area contributed by atoms with E-state index in [9.17, 15) is 0 Å². The molecule has 1 aromatic carbocycles. The monoisotopic (exact) mass is 254 g/mol. The van der Waals surface area contributed by atoms with Crippen LogP contribution in [0.25, 0.3) is 0 Å². The van der Waals surface area contributed by atoms with Gasteiger partial charge in [-0.3, -0.25) is 4.99 Å². The molecule has 2 nitrogen and oxygen atoms in total. The molecule has 1 aliphatic heterocycles. The van der Waals surface area contributed by atoms with Crippen LogP contribution in [0, 0.1) is 12.8 Å². The molecule has 1 unspecified atom stereocenters. The van der Waals surface area contributed by atoms with E-state index in [4.69, 9.17) is 11.6 Å². The van der Waals surface area contributed by atoms with Crippen LogP contribution in [0.2, 0.25) is 5.02 Å². The molecule has 86 valence electrons. The van der Waals surface area contributed by atoms with Crippen LogP contribution in [0.4, 0.5) is 5.69 Å². The Morgan fingerprint density at radius 1 is 1.50 bits per heavy atom. The molecule has 4 heteroatoms. The third-order valence-electron chi connectivity index (χ3n) is 2.51. The van der Waals surface area contributed by atoms with Crippen LogP contribution in [-0.2, 0) is 0 Å². The van der Waals surface area contributed by atoms with Gasteiger partial charge in [0.25, 0.3) is 0 Å². The van der Waals surface area contributed by atoms with Gasteiger partial charge in [-0.15, -0.1) is 0 Å². The molecule has 16 heavy (non-hydrogen) atoms. The summed E-state index contributed by atoms with van der Waals surface area (Å²) in [7, 11) is 0. The lowest BCUT2D eigenvalue weighted by Crippen LogP contribution is -2.19. The predicted octanol–water partition coefficient (Wildman–Crippen LogP) is 3.80. The van der Waals surface area contributed by atoms with Gasteiger partial charge in [0.05, 0.1) is 10.7 Å². The van der Waals surface area contributed by atoms with Crippen LogP contribution in [0.5, 0.6) is 0 Å². The highest BCUT2D eigenvalue weighted by molar-refractivity contribution is 8.14. The average Bonchev–Trinajstić information content (AvgIpc) is 2.26. The number of rotatable bonds is 1. The van der Waals surface area contributed by atoms with E-state index in [-0.39, 0.29) is 0 Å². The van der Waals surface area contributed by atoms with Crippen molar-refractivity contribution < 1.29 is 0 Å². The van der Waals surface area contributed by atoms with Gasteiger partial charge in [-0.05, 0) is 24.5 Å². The lowest BCUT2D eigenvalue weighted by atomic mass is 10.2. The second kappa shape index (κ2) is 5.11. The molecule has 0 saturated heterocycles. The minimum atomic E-state index is 0.669. The number of anilines is 1. The van der Waals surface area contributed by atoms with E-state index in [1.165, 1.54) is 0 Å². The lowest BCUT2D eigenvalue weighted by Gasteiger charge is -2.19. The Labute approximate surface area is 105 Å². The molecule has 0 spiro atoms. The maximum atomic E-state index is 6.15. The largest absolute Gasteiger partial charge is 0.334 e. The maximum Gasteiger partial charge on any atom is 0.161 e. The van der Waals surface area contributed by atoms with Gasteiger partial charge in [-0.25, -0.2) is 0 Å². The molecule has 0 aliphatic carbocycles. The fourth-order valence-electron chi connectivity index (χ4n) is 1.53. The van der Waals surface area contributed by atoms with Crippen molar-refractivity contribution >= 4 is 34.2 Å². The van der Waals surface area contributed by atoms with Crippen molar-refractivity contribution in [2.24, 2.45) is 10.9 Å². The molecule has 2 rings (SSSR count). The Hall–Kier alpha value is -0.670. The number of hydrogen-bond acceptors (Lipinski definition) is 3.